The van der Waals surface area contributed by atoms with Crippen LogP contribution in [0.25, 0.3) is 0 Å². The van der Waals surface area contributed by atoms with Crippen LogP contribution in [0.3, 0.4) is 0 Å². The smallest absolute Gasteiger partial charge is 0.319 e. The number of halogens is 2. The quantitative estimate of drug-likeness (QED) is 0.645. The van der Waals surface area contributed by atoms with Crippen LogP contribution >= 0.6 is 0 Å². The minimum atomic E-state index is -1.28. The van der Waals surface area contributed by atoms with Gasteiger partial charge in [-0.25, -0.2) is 9.18 Å². The average Bonchev–Trinajstić information content (AvgIpc) is 3.26. The van der Waals surface area contributed by atoms with Crippen molar-refractivity contribution in [3.8, 4) is 5.75 Å². The van der Waals surface area contributed by atoms with Crippen molar-refractivity contribution in [1.29, 1.82) is 0 Å². The zero-order valence-corrected chi connectivity index (χ0v) is 15.8. The first-order valence-corrected chi connectivity index (χ1v) is 9.30. The predicted octanol–water partition coefficient (Wildman–Crippen LogP) is -0.0140. The van der Waals surface area contributed by atoms with E-state index >= 15 is 0 Å². The number of hydrogen-bond donors (Lipinski definition) is 3. The molecule has 9 nitrogen and oxygen atoms in total. The summed E-state index contributed by atoms with van der Waals surface area (Å²) in [4.78, 5) is 27.8. The van der Waals surface area contributed by atoms with Crippen LogP contribution in [0.2, 0.25) is 0 Å². The lowest BCUT2D eigenvalue weighted by atomic mass is 9.99. The van der Waals surface area contributed by atoms with Crippen molar-refractivity contribution in [3.05, 3.63) is 23.8 Å². The standard InChI is InChI=1S/C18H22F2N4O5/c1-28-13-7-11(6-12(19)14(13)20)23-2-4-24(5-3-23)15(25)10-8-18(29-9-10)16(26)21-17(27)22-18/h6-7,10,16,26H,2-5,8-9H2,1H3,(H2,21,22,27)/t10-,16?,18+/m1/s1. The summed E-state index contributed by atoms with van der Waals surface area (Å²) in [6, 6.07) is 2.00. The van der Waals surface area contributed by atoms with Gasteiger partial charge in [0.1, 0.15) is 0 Å². The number of hydrogen-bond acceptors (Lipinski definition) is 6. The normalized spacial score (nSPS) is 29.2. The molecule has 0 aliphatic carbocycles. The molecule has 3 fully saturated rings. The Hall–Kier alpha value is -2.66. The van der Waals surface area contributed by atoms with E-state index in [9.17, 15) is 23.5 Å². The lowest BCUT2D eigenvalue weighted by Gasteiger charge is -2.37. The van der Waals surface area contributed by atoms with Crippen molar-refractivity contribution in [3.63, 3.8) is 0 Å². The first-order valence-electron chi connectivity index (χ1n) is 9.30. The maximum absolute atomic E-state index is 13.8. The van der Waals surface area contributed by atoms with Gasteiger partial charge in [-0.05, 0) is 0 Å². The van der Waals surface area contributed by atoms with Gasteiger partial charge in [-0.15, -0.1) is 0 Å². The summed E-state index contributed by atoms with van der Waals surface area (Å²) in [5, 5.41) is 14.8. The molecule has 3 N–H and O–H groups in total. The van der Waals surface area contributed by atoms with Crippen molar-refractivity contribution in [2.75, 3.05) is 44.8 Å². The number of rotatable bonds is 3. The van der Waals surface area contributed by atoms with E-state index in [1.54, 1.807) is 4.90 Å². The molecule has 11 heteroatoms. The van der Waals surface area contributed by atoms with E-state index in [0.29, 0.717) is 31.9 Å². The number of anilines is 1. The van der Waals surface area contributed by atoms with Gasteiger partial charge in [0.25, 0.3) is 0 Å². The molecule has 3 amide bonds. The molecule has 4 rings (SSSR count). The Morgan fingerprint density at radius 1 is 1.31 bits per heavy atom. The number of ether oxygens (including phenoxy) is 2. The molecule has 1 spiro atoms. The maximum atomic E-state index is 13.8. The number of urea groups is 1. The number of methoxy groups -OCH3 is 1. The molecular formula is C18H22F2N4O5. The van der Waals surface area contributed by atoms with Gasteiger partial charge in [-0.3, -0.25) is 4.79 Å². The van der Waals surface area contributed by atoms with E-state index in [0.717, 1.165) is 6.07 Å². The highest BCUT2D eigenvalue weighted by Crippen LogP contribution is 2.34. The SMILES string of the molecule is COc1cc(N2CCN(C(=O)[C@H]3CO[C@]4(C3)NC(=O)NC4O)CC2)cc(F)c1F. The zero-order chi connectivity index (χ0) is 20.8. The zero-order valence-electron chi connectivity index (χ0n) is 15.8. The number of aliphatic hydroxyl groups is 1. The van der Waals surface area contributed by atoms with Gasteiger partial charge in [-0.1, -0.05) is 0 Å². The predicted molar refractivity (Wildman–Crippen MR) is 96.2 cm³/mol. The summed E-state index contributed by atoms with van der Waals surface area (Å²) in [5.41, 5.74) is -0.791. The Balaban J connectivity index is 1.37. The molecular weight excluding hydrogens is 390 g/mol. The second kappa shape index (κ2) is 7.30. The summed E-state index contributed by atoms with van der Waals surface area (Å²) < 4.78 is 37.8. The average molecular weight is 412 g/mol. The molecule has 0 bridgehead atoms. The molecule has 158 valence electrons. The number of carbonyl (C=O) groups excluding carboxylic acids is 2. The van der Waals surface area contributed by atoms with Crippen LogP contribution in [0.1, 0.15) is 6.42 Å². The van der Waals surface area contributed by atoms with Crippen LogP contribution in [0.15, 0.2) is 12.1 Å². The van der Waals surface area contributed by atoms with Crippen LogP contribution in [-0.2, 0) is 9.53 Å². The molecule has 3 aliphatic heterocycles. The van der Waals surface area contributed by atoms with Crippen LogP contribution in [0.5, 0.6) is 5.75 Å². The number of benzene rings is 1. The van der Waals surface area contributed by atoms with Crippen molar-refractivity contribution >= 4 is 17.6 Å². The number of nitrogens with one attached hydrogen (secondary N) is 2. The minimum Gasteiger partial charge on any atom is -0.493 e. The molecule has 0 saturated carbocycles. The summed E-state index contributed by atoms with van der Waals surface area (Å²) in [5.74, 6) is -2.80. The molecule has 0 aromatic heterocycles. The Morgan fingerprint density at radius 2 is 2.03 bits per heavy atom. The Morgan fingerprint density at radius 3 is 2.66 bits per heavy atom. The van der Waals surface area contributed by atoms with Gasteiger partial charge in [0, 0.05) is 50.4 Å². The van der Waals surface area contributed by atoms with E-state index in [2.05, 4.69) is 10.6 Å². The van der Waals surface area contributed by atoms with Crippen molar-refractivity contribution < 1.29 is 33.0 Å². The van der Waals surface area contributed by atoms with Crippen LogP contribution in [0, 0.1) is 17.6 Å². The van der Waals surface area contributed by atoms with Gasteiger partial charge in [0.15, 0.2) is 23.5 Å². The Kier molecular flexibility index (Phi) is 4.95. The number of piperazine rings is 1. The van der Waals surface area contributed by atoms with E-state index in [4.69, 9.17) is 9.47 Å². The Labute approximate surface area is 165 Å². The largest absolute Gasteiger partial charge is 0.493 e. The lowest BCUT2D eigenvalue weighted by molar-refractivity contribution is -0.135. The fraction of sp³-hybridized carbons (Fsp3) is 0.556. The van der Waals surface area contributed by atoms with Gasteiger partial charge in [0.05, 0.1) is 19.6 Å². The van der Waals surface area contributed by atoms with Crippen molar-refractivity contribution in [1.82, 2.24) is 15.5 Å². The highest BCUT2D eigenvalue weighted by Gasteiger charge is 2.54. The number of aliphatic hydroxyl groups excluding tert-OH is 1. The fourth-order valence-electron chi connectivity index (χ4n) is 4.03. The minimum absolute atomic E-state index is 0.0957. The molecule has 1 unspecified atom stereocenters. The molecule has 0 radical (unpaired) electrons. The third kappa shape index (κ3) is 3.44. The highest BCUT2D eigenvalue weighted by atomic mass is 19.2. The molecule has 1 aromatic carbocycles. The Bertz CT molecular complexity index is 833. The van der Waals surface area contributed by atoms with Crippen LogP contribution in [0.4, 0.5) is 19.3 Å². The van der Waals surface area contributed by atoms with Gasteiger partial charge in [0.2, 0.25) is 11.7 Å². The van der Waals surface area contributed by atoms with Crippen molar-refractivity contribution in [2.45, 2.75) is 18.4 Å². The summed E-state index contributed by atoms with van der Waals surface area (Å²) in [7, 11) is 1.27. The molecule has 3 aliphatic rings. The third-order valence-electron chi connectivity index (χ3n) is 5.63. The van der Waals surface area contributed by atoms with Crippen LogP contribution < -0.4 is 20.3 Å². The molecule has 3 saturated heterocycles. The summed E-state index contributed by atoms with van der Waals surface area (Å²) in [6.07, 6.45) is -1.04. The number of carbonyl (C=O) groups is 2. The van der Waals surface area contributed by atoms with Gasteiger partial charge in [-0.2, -0.15) is 4.39 Å². The summed E-state index contributed by atoms with van der Waals surface area (Å²) in [6.45, 7) is 1.78. The second-order valence-electron chi connectivity index (χ2n) is 7.36. The van der Waals surface area contributed by atoms with E-state index in [-0.39, 0.29) is 24.7 Å². The van der Waals surface area contributed by atoms with Gasteiger partial charge < -0.3 is 35.0 Å². The third-order valence-corrected chi connectivity index (χ3v) is 5.63. The van der Waals surface area contributed by atoms with Gasteiger partial charge >= 0.3 is 6.03 Å². The van der Waals surface area contributed by atoms with E-state index < -0.39 is 35.5 Å². The summed E-state index contributed by atoms with van der Waals surface area (Å²) >= 11 is 0. The second-order valence-corrected chi connectivity index (χ2v) is 7.36. The monoisotopic (exact) mass is 412 g/mol. The highest BCUT2D eigenvalue weighted by molar-refractivity contribution is 5.81. The number of amides is 3. The first-order chi connectivity index (χ1) is 13.8. The molecule has 3 heterocycles. The van der Waals surface area contributed by atoms with E-state index in [1.165, 1.54) is 13.2 Å². The fourth-order valence-corrected chi connectivity index (χ4v) is 4.03. The molecule has 3 atom stereocenters. The lowest BCUT2D eigenvalue weighted by Crippen LogP contribution is -2.52. The first kappa shape index (κ1) is 19.6. The molecule has 1 aromatic rings. The van der Waals surface area contributed by atoms with E-state index in [1.807, 2.05) is 4.90 Å². The topological polar surface area (TPSA) is 103 Å². The van der Waals surface area contributed by atoms with Crippen LogP contribution in [-0.4, -0.2) is 73.8 Å². The maximum Gasteiger partial charge on any atom is 0.319 e. The molecule has 29 heavy (non-hydrogen) atoms. The number of nitrogens with zero attached hydrogens (tertiary/aromatic N) is 2. The van der Waals surface area contributed by atoms with Crippen molar-refractivity contribution in [2.24, 2.45) is 5.92 Å².